The van der Waals surface area contributed by atoms with Crippen LogP contribution in [0.15, 0.2) is 90.0 Å². The van der Waals surface area contributed by atoms with Crippen molar-refractivity contribution in [2.24, 2.45) is 5.10 Å². The number of nitro groups is 1. The van der Waals surface area contributed by atoms with Gasteiger partial charge in [0.2, 0.25) is 0 Å². The third-order valence-corrected chi connectivity index (χ3v) is 5.21. The smallest absolute Gasteiger partial charge is 0.343 e. The van der Waals surface area contributed by atoms with Gasteiger partial charge in [-0.1, -0.05) is 36.4 Å². The van der Waals surface area contributed by atoms with E-state index < -0.39 is 16.8 Å². The topological polar surface area (TPSA) is 120 Å². The Morgan fingerprint density at radius 3 is 2.50 bits per heavy atom. The second kappa shape index (κ2) is 10.9. The molecule has 4 rings (SSSR count). The van der Waals surface area contributed by atoms with Gasteiger partial charge in [0, 0.05) is 23.3 Å². The van der Waals surface area contributed by atoms with Crippen LogP contribution in [0.3, 0.4) is 0 Å². The fraction of sp³-hybridized carbons (Fsp3) is 0.0741. The number of benzene rings is 4. The minimum Gasteiger partial charge on any atom is -0.494 e. The van der Waals surface area contributed by atoms with Crippen LogP contribution in [0.5, 0.6) is 11.5 Å². The van der Waals surface area contributed by atoms with Crippen molar-refractivity contribution in [2.75, 3.05) is 6.61 Å². The number of nitrogens with one attached hydrogen (secondary N) is 1. The van der Waals surface area contributed by atoms with Crippen LogP contribution in [0.4, 0.5) is 5.69 Å². The molecule has 1 N–H and O–H groups in total. The molecule has 0 heterocycles. The molecular weight excluding hydrogens is 462 g/mol. The number of hydrogen-bond acceptors (Lipinski definition) is 7. The van der Waals surface area contributed by atoms with Crippen molar-refractivity contribution in [3.63, 3.8) is 0 Å². The quantitative estimate of drug-likeness (QED) is 0.122. The van der Waals surface area contributed by atoms with Gasteiger partial charge >= 0.3 is 5.97 Å². The Kier molecular flexibility index (Phi) is 7.30. The van der Waals surface area contributed by atoms with Gasteiger partial charge in [-0.3, -0.25) is 14.9 Å². The first kappa shape index (κ1) is 24.1. The molecule has 0 bridgehead atoms. The zero-order valence-corrected chi connectivity index (χ0v) is 19.2. The van der Waals surface area contributed by atoms with Crippen LogP contribution in [0, 0.1) is 10.1 Å². The molecule has 9 nitrogen and oxygen atoms in total. The predicted octanol–water partition coefficient (Wildman–Crippen LogP) is 5.13. The van der Waals surface area contributed by atoms with Crippen LogP contribution in [0.2, 0.25) is 0 Å². The van der Waals surface area contributed by atoms with Gasteiger partial charge in [0.05, 0.1) is 23.3 Å². The lowest BCUT2D eigenvalue weighted by Crippen LogP contribution is -2.18. The molecule has 0 atom stereocenters. The second-order valence-corrected chi connectivity index (χ2v) is 7.55. The van der Waals surface area contributed by atoms with Gasteiger partial charge in [-0.05, 0) is 54.1 Å². The molecule has 180 valence electrons. The minimum absolute atomic E-state index is 0.0846. The number of ether oxygens (including phenoxy) is 2. The van der Waals surface area contributed by atoms with Gasteiger partial charge in [0.1, 0.15) is 11.5 Å². The number of esters is 1. The molecule has 0 aliphatic carbocycles. The van der Waals surface area contributed by atoms with Crippen molar-refractivity contribution in [1.29, 1.82) is 0 Å². The van der Waals surface area contributed by atoms with Gasteiger partial charge in [-0.25, -0.2) is 10.2 Å². The summed E-state index contributed by atoms with van der Waals surface area (Å²) in [4.78, 5) is 35.6. The Morgan fingerprint density at radius 1 is 0.972 bits per heavy atom. The van der Waals surface area contributed by atoms with Crippen molar-refractivity contribution in [1.82, 2.24) is 5.43 Å². The fourth-order valence-corrected chi connectivity index (χ4v) is 3.49. The second-order valence-electron chi connectivity index (χ2n) is 7.55. The summed E-state index contributed by atoms with van der Waals surface area (Å²) in [5.74, 6) is -0.292. The monoisotopic (exact) mass is 483 g/mol. The lowest BCUT2D eigenvalue weighted by Gasteiger charge is -2.11. The van der Waals surface area contributed by atoms with Crippen molar-refractivity contribution >= 4 is 34.6 Å². The number of rotatable bonds is 8. The zero-order chi connectivity index (χ0) is 25.5. The largest absolute Gasteiger partial charge is 0.494 e. The molecule has 0 spiro atoms. The Balaban J connectivity index is 1.58. The molecule has 0 saturated carbocycles. The maximum atomic E-state index is 12.8. The van der Waals surface area contributed by atoms with Crippen LogP contribution in [-0.2, 0) is 0 Å². The first-order valence-corrected chi connectivity index (χ1v) is 11.0. The van der Waals surface area contributed by atoms with E-state index in [1.165, 1.54) is 24.4 Å². The zero-order valence-electron chi connectivity index (χ0n) is 19.2. The average Bonchev–Trinajstić information content (AvgIpc) is 2.90. The predicted molar refractivity (Wildman–Crippen MR) is 135 cm³/mol. The first-order chi connectivity index (χ1) is 17.5. The number of carbonyl (C=O) groups excluding carboxylic acids is 2. The lowest BCUT2D eigenvalue weighted by molar-refractivity contribution is -0.384. The summed E-state index contributed by atoms with van der Waals surface area (Å²) in [6, 6.07) is 22.8. The van der Waals surface area contributed by atoms with E-state index in [9.17, 15) is 19.7 Å². The fourth-order valence-electron chi connectivity index (χ4n) is 3.49. The number of fused-ring (bicyclic) bond motifs is 1. The number of nitrogens with zero attached hydrogens (tertiary/aromatic N) is 2. The van der Waals surface area contributed by atoms with E-state index >= 15 is 0 Å². The number of hydrogen-bond donors (Lipinski definition) is 1. The maximum absolute atomic E-state index is 12.8. The molecule has 0 aromatic heterocycles. The molecule has 4 aromatic carbocycles. The van der Waals surface area contributed by atoms with Gasteiger partial charge in [0.25, 0.3) is 11.6 Å². The van der Waals surface area contributed by atoms with E-state index in [0.717, 1.165) is 16.8 Å². The molecule has 0 aliphatic rings. The van der Waals surface area contributed by atoms with Crippen molar-refractivity contribution in [3.8, 4) is 11.5 Å². The highest BCUT2D eigenvalue weighted by molar-refractivity contribution is 6.04. The van der Waals surface area contributed by atoms with Crippen molar-refractivity contribution in [2.45, 2.75) is 6.92 Å². The van der Waals surface area contributed by atoms with E-state index in [0.29, 0.717) is 23.5 Å². The summed E-state index contributed by atoms with van der Waals surface area (Å²) in [7, 11) is 0. The summed E-state index contributed by atoms with van der Waals surface area (Å²) >= 11 is 0. The van der Waals surface area contributed by atoms with Gasteiger partial charge in [0.15, 0.2) is 0 Å². The third-order valence-electron chi connectivity index (χ3n) is 5.21. The van der Waals surface area contributed by atoms with Crippen LogP contribution in [0.1, 0.15) is 33.2 Å². The molecule has 0 saturated heterocycles. The highest BCUT2D eigenvalue weighted by Crippen LogP contribution is 2.27. The van der Waals surface area contributed by atoms with E-state index in [2.05, 4.69) is 10.5 Å². The Morgan fingerprint density at radius 2 is 1.75 bits per heavy atom. The van der Waals surface area contributed by atoms with E-state index in [-0.39, 0.29) is 17.0 Å². The summed E-state index contributed by atoms with van der Waals surface area (Å²) < 4.78 is 11.1. The number of carbonyl (C=O) groups is 2. The maximum Gasteiger partial charge on any atom is 0.343 e. The average molecular weight is 483 g/mol. The van der Waals surface area contributed by atoms with Crippen LogP contribution >= 0.6 is 0 Å². The van der Waals surface area contributed by atoms with Crippen molar-refractivity contribution in [3.05, 3.63) is 112 Å². The summed E-state index contributed by atoms with van der Waals surface area (Å²) in [6.45, 7) is 2.39. The van der Waals surface area contributed by atoms with E-state index in [1.807, 2.05) is 37.3 Å². The minimum atomic E-state index is -0.622. The van der Waals surface area contributed by atoms with Crippen molar-refractivity contribution < 1.29 is 24.0 Å². The normalized spacial score (nSPS) is 10.8. The van der Waals surface area contributed by atoms with Gasteiger partial charge in [-0.2, -0.15) is 5.10 Å². The molecule has 0 unspecified atom stereocenters. The Hall–Kier alpha value is -5.05. The standard InChI is InChI=1S/C27H21N3O6/c1-2-35-22-13-10-19(11-14-22)27(32)36-25-15-12-18-6-3-4-9-23(18)24(25)17-28-29-26(31)20-7-5-8-21(16-20)30(33)34/h3-17H,2H2,1H3,(H,29,31)/b28-17-. The summed E-state index contributed by atoms with van der Waals surface area (Å²) in [5.41, 5.74) is 3.06. The number of hydrazone groups is 1. The van der Waals surface area contributed by atoms with E-state index in [1.54, 1.807) is 30.3 Å². The van der Waals surface area contributed by atoms with E-state index in [4.69, 9.17) is 9.47 Å². The number of amides is 1. The van der Waals surface area contributed by atoms with Gasteiger partial charge in [-0.15, -0.1) is 0 Å². The van der Waals surface area contributed by atoms with Crippen LogP contribution in [-0.4, -0.2) is 29.6 Å². The van der Waals surface area contributed by atoms with Gasteiger partial charge < -0.3 is 9.47 Å². The summed E-state index contributed by atoms with van der Waals surface area (Å²) in [5, 5.41) is 16.6. The third kappa shape index (κ3) is 5.53. The van der Waals surface area contributed by atoms with Crippen LogP contribution < -0.4 is 14.9 Å². The first-order valence-electron chi connectivity index (χ1n) is 11.0. The summed E-state index contributed by atoms with van der Waals surface area (Å²) in [6.07, 6.45) is 1.37. The molecule has 1 amide bonds. The molecule has 0 radical (unpaired) electrons. The molecular formula is C27H21N3O6. The highest BCUT2D eigenvalue weighted by Gasteiger charge is 2.15. The molecule has 9 heteroatoms. The molecule has 36 heavy (non-hydrogen) atoms. The highest BCUT2D eigenvalue weighted by atomic mass is 16.6. The lowest BCUT2D eigenvalue weighted by atomic mass is 10.0. The Bertz CT molecular complexity index is 1460. The number of nitro benzene ring substituents is 1. The Labute approximate surface area is 206 Å². The molecule has 0 aliphatic heterocycles. The van der Waals surface area contributed by atoms with Crippen LogP contribution in [0.25, 0.3) is 10.8 Å². The SMILES string of the molecule is CCOc1ccc(C(=O)Oc2ccc3ccccc3c2/C=N\NC(=O)c2cccc([N+](=O)[O-])c2)cc1. The molecule has 4 aromatic rings. The number of non-ortho nitro benzene ring substituents is 1. The molecule has 0 fully saturated rings.